The highest BCUT2D eigenvalue weighted by Gasteiger charge is 2.25. The van der Waals surface area contributed by atoms with Crippen LogP contribution in [0.15, 0.2) is 0 Å². The number of nitrogens with zero attached hydrogens (tertiary/aromatic N) is 2. The molecule has 0 heterocycles. The first-order valence-electron chi connectivity index (χ1n) is 5.53. The molecule has 3 heteroatoms. The molecule has 0 aliphatic heterocycles. The average molecular weight is 195 g/mol. The molecule has 1 aliphatic rings. The van der Waals surface area contributed by atoms with E-state index in [1.165, 1.54) is 12.8 Å². The Morgan fingerprint density at radius 1 is 1.57 bits per heavy atom. The van der Waals surface area contributed by atoms with Gasteiger partial charge in [-0.3, -0.25) is 5.32 Å². The SMILES string of the molecule is CCC(C)N(C)CC(C#N)NC1CC1. The van der Waals surface area contributed by atoms with Gasteiger partial charge in [-0.2, -0.15) is 5.26 Å². The lowest BCUT2D eigenvalue weighted by Crippen LogP contribution is -2.42. The van der Waals surface area contributed by atoms with Crippen molar-refractivity contribution in [2.45, 2.75) is 51.2 Å². The molecule has 80 valence electrons. The molecule has 1 rings (SSSR count). The third-order valence-electron chi connectivity index (χ3n) is 2.98. The number of hydrogen-bond donors (Lipinski definition) is 1. The van der Waals surface area contributed by atoms with E-state index in [1.54, 1.807) is 0 Å². The molecule has 1 aliphatic carbocycles. The van der Waals surface area contributed by atoms with Crippen molar-refractivity contribution in [2.24, 2.45) is 0 Å². The van der Waals surface area contributed by atoms with Gasteiger partial charge in [0.05, 0.1) is 6.07 Å². The largest absolute Gasteiger partial charge is 0.301 e. The fraction of sp³-hybridized carbons (Fsp3) is 0.909. The van der Waals surface area contributed by atoms with E-state index in [9.17, 15) is 0 Å². The lowest BCUT2D eigenvalue weighted by molar-refractivity contribution is 0.237. The zero-order valence-corrected chi connectivity index (χ0v) is 9.45. The van der Waals surface area contributed by atoms with E-state index in [1.807, 2.05) is 0 Å². The monoisotopic (exact) mass is 195 g/mol. The summed E-state index contributed by atoms with van der Waals surface area (Å²) in [7, 11) is 2.09. The van der Waals surface area contributed by atoms with Crippen molar-refractivity contribution < 1.29 is 0 Å². The maximum atomic E-state index is 8.97. The molecule has 0 radical (unpaired) electrons. The Bertz CT molecular complexity index is 205. The standard InChI is InChI=1S/C11H21N3/c1-4-9(2)14(3)8-11(7-12)13-10-5-6-10/h9-11,13H,4-6,8H2,1-3H3. The van der Waals surface area contributed by atoms with E-state index >= 15 is 0 Å². The quantitative estimate of drug-likeness (QED) is 0.695. The van der Waals surface area contributed by atoms with Gasteiger partial charge in [0.2, 0.25) is 0 Å². The third-order valence-corrected chi connectivity index (χ3v) is 2.98. The highest BCUT2D eigenvalue weighted by Crippen LogP contribution is 2.19. The van der Waals surface area contributed by atoms with Gasteiger partial charge in [0.15, 0.2) is 0 Å². The second-order valence-corrected chi connectivity index (χ2v) is 4.32. The summed E-state index contributed by atoms with van der Waals surface area (Å²) in [6.07, 6.45) is 3.62. The Hall–Kier alpha value is -0.590. The van der Waals surface area contributed by atoms with E-state index in [-0.39, 0.29) is 6.04 Å². The molecule has 2 unspecified atom stereocenters. The Balaban J connectivity index is 2.27. The summed E-state index contributed by atoms with van der Waals surface area (Å²) in [6, 6.07) is 3.51. The van der Waals surface area contributed by atoms with Crippen LogP contribution >= 0.6 is 0 Å². The predicted octanol–water partition coefficient (Wildman–Crippen LogP) is 1.36. The van der Waals surface area contributed by atoms with Gasteiger partial charge in [0.1, 0.15) is 6.04 Å². The van der Waals surface area contributed by atoms with E-state index < -0.39 is 0 Å². The Kier molecular flexibility index (Phi) is 4.37. The highest BCUT2D eigenvalue weighted by atomic mass is 15.2. The number of nitriles is 1. The molecular weight excluding hydrogens is 174 g/mol. The van der Waals surface area contributed by atoms with Gasteiger partial charge in [-0.15, -0.1) is 0 Å². The molecule has 3 nitrogen and oxygen atoms in total. The molecule has 0 spiro atoms. The van der Waals surface area contributed by atoms with E-state index in [0.717, 1.165) is 13.0 Å². The van der Waals surface area contributed by atoms with Gasteiger partial charge in [-0.1, -0.05) is 6.92 Å². The van der Waals surface area contributed by atoms with Gasteiger partial charge < -0.3 is 4.90 Å². The minimum absolute atomic E-state index is 0.00139. The zero-order valence-electron chi connectivity index (χ0n) is 9.45. The summed E-state index contributed by atoms with van der Waals surface area (Å²) < 4.78 is 0. The molecular formula is C11H21N3. The molecule has 2 atom stereocenters. The van der Waals surface area contributed by atoms with E-state index in [0.29, 0.717) is 12.1 Å². The van der Waals surface area contributed by atoms with Gasteiger partial charge >= 0.3 is 0 Å². The molecule has 0 aromatic carbocycles. The molecule has 1 saturated carbocycles. The summed E-state index contributed by atoms with van der Waals surface area (Å²) >= 11 is 0. The Morgan fingerprint density at radius 3 is 2.64 bits per heavy atom. The summed E-state index contributed by atoms with van der Waals surface area (Å²) in [5, 5.41) is 12.3. The van der Waals surface area contributed by atoms with Crippen LogP contribution in [-0.2, 0) is 0 Å². The second kappa shape index (κ2) is 5.33. The minimum atomic E-state index is 0.00139. The van der Waals surface area contributed by atoms with Gasteiger partial charge in [-0.25, -0.2) is 0 Å². The predicted molar refractivity (Wildman–Crippen MR) is 57.9 cm³/mol. The van der Waals surface area contributed by atoms with E-state index in [2.05, 4.69) is 37.2 Å². The van der Waals surface area contributed by atoms with Crippen molar-refractivity contribution in [3.05, 3.63) is 0 Å². The molecule has 0 aromatic rings. The number of hydrogen-bond acceptors (Lipinski definition) is 3. The first-order chi connectivity index (χ1) is 6.67. The number of likely N-dealkylation sites (N-methyl/N-ethyl adjacent to an activating group) is 1. The van der Waals surface area contributed by atoms with Crippen molar-refractivity contribution in [2.75, 3.05) is 13.6 Å². The van der Waals surface area contributed by atoms with Gasteiger partial charge in [0.25, 0.3) is 0 Å². The van der Waals surface area contributed by atoms with Crippen LogP contribution < -0.4 is 5.32 Å². The van der Waals surface area contributed by atoms with Crippen molar-refractivity contribution in [1.82, 2.24) is 10.2 Å². The summed E-state index contributed by atoms with van der Waals surface area (Å²) in [4.78, 5) is 2.25. The van der Waals surface area contributed by atoms with Gasteiger partial charge in [0, 0.05) is 18.6 Å². The van der Waals surface area contributed by atoms with Crippen molar-refractivity contribution >= 4 is 0 Å². The maximum Gasteiger partial charge on any atom is 0.108 e. The van der Waals surface area contributed by atoms with E-state index in [4.69, 9.17) is 5.26 Å². The van der Waals surface area contributed by atoms with Crippen molar-refractivity contribution in [3.63, 3.8) is 0 Å². The molecule has 1 fully saturated rings. The first-order valence-corrected chi connectivity index (χ1v) is 5.53. The molecule has 14 heavy (non-hydrogen) atoms. The van der Waals surface area contributed by atoms with Crippen LogP contribution in [0.3, 0.4) is 0 Å². The summed E-state index contributed by atoms with van der Waals surface area (Å²) in [6.45, 7) is 5.21. The van der Waals surface area contributed by atoms with Gasteiger partial charge in [-0.05, 0) is 33.2 Å². The molecule has 0 saturated heterocycles. The number of nitrogens with one attached hydrogen (secondary N) is 1. The highest BCUT2D eigenvalue weighted by molar-refractivity contribution is 4.97. The minimum Gasteiger partial charge on any atom is -0.301 e. The van der Waals surface area contributed by atoms with Crippen LogP contribution in [0, 0.1) is 11.3 Å². The Morgan fingerprint density at radius 2 is 2.21 bits per heavy atom. The molecule has 0 aromatic heterocycles. The Labute approximate surface area is 87.1 Å². The smallest absolute Gasteiger partial charge is 0.108 e. The van der Waals surface area contributed by atoms with Crippen molar-refractivity contribution in [3.8, 4) is 6.07 Å². The molecule has 0 bridgehead atoms. The van der Waals surface area contributed by atoms with Crippen LogP contribution in [0.5, 0.6) is 0 Å². The number of rotatable bonds is 6. The zero-order chi connectivity index (χ0) is 10.6. The van der Waals surface area contributed by atoms with Crippen LogP contribution in [0.1, 0.15) is 33.1 Å². The van der Waals surface area contributed by atoms with Crippen LogP contribution in [-0.4, -0.2) is 36.6 Å². The first kappa shape index (κ1) is 11.5. The van der Waals surface area contributed by atoms with Crippen LogP contribution in [0.2, 0.25) is 0 Å². The maximum absolute atomic E-state index is 8.97. The topological polar surface area (TPSA) is 39.1 Å². The van der Waals surface area contributed by atoms with Crippen molar-refractivity contribution in [1.29, 1.82) is 5.26 Å². The molecule has 1 N–H and O–H groups in total. The fourth-order valence-electron chi connectivity index (χ4n) is 1.44. The summed E-state index contributed by atoms with van der Waals surface area (Å²) in [5.41, 5.74) is 0. The normalized spacial score (nSPS) is 20.5. The molecule has 0 amide bonds. The average Bonchev–Trinajstić information content (AvgIpc) is 2.99. The summed E-state index contributed by atoms with van der Waals surface area (Å²) in [5.74, 6) is 0. The second-order valence-electron chi connectivity index (χ2n) is 4.32. The lowest BCUT2D eigenvalue weighted by Gasteiger charge is -2.25. The lowest BCUT2D eigenvalue weighted by atomic mass is 10.2. The van der Waals surface area contributed by atoms with Crippen LogP contribution in [0.4, 0.5) is 0 Å². The fourth-order valence-corrected chi connectivity index (χ4v) is 1.44. The third kappa shape index (κ3) is 3.65. The van der Waals surface area contributed by atoms with Crippen LogP contribution in [0.25, 0.3) is 0 Å².